The van der Waals surface area contributed by atoms with E-state index in [0.717, 1.165) is 40.5 Å². The van der Waals surface area contributed by atoms with Crippen molar-refractivity contribution in [2.75, 3.05) is 4.90 Å². The first-order chi connectivity index (χ1) is 28.8. The van der Waals surface area contributed by atoms with Crippen LogP contribution in [0.5, 0.6) is 0 Å². The van der Waals surface area contributed by atoms with Crippen LogP contribution in [0.2, 0.25) is 0 Å². The van der Waals surface area contributed by atoms with Crippen LogP contribution in [-0.2, 0) is 5.41 Å². The fourth-order valence-electron chi connectivity index (χ4n) is 10.2. The molecule has 11 rings (SSSR count). The molecule has 9 aromatic rings. The maximum absolute atomic E-state index is 6.68. The second kappa shape index (κ2) is 13.9. The summed E-state index contributed by atoms with van der Waals surface area (Å²) in [6.45, 7) is 0. The molecule has 1 aliphatic heterocycles. The molecular formula is C55H41NOSi. The topological polar surface area (TPSA) is 16.4 Å². The van der Waals surface area contributed by atoms with Crippen LogP contribution in [0.3, 0.4) is 0 Å². The van der Waals surface area contributed by atoms with Gasteiger partial charge in [-0.15, -0.1) is 0 Å². The van der Waals surface area contributed by atoms with Gasteiger partial charge in [-0.2, -0.15) is 0 Å². The summed E-state index contributed by atoms with van der Waals surface area (Å²) in [7, 11) is -2.66. The molecule has 0 unspecified atom stereocenters. The maximum Gasteiger partial charge on any atom is 0.175 e. The second-order valence-corrected chi connectivity index (χ2v) is 19.4. The summed E-state index contributed by atoms with van der Waals surface area (Å²) in [5, 5.41) is 7.97. The number of anilines is 3. The van der Waals surface area contributed by atoms with Crippen molar-refractivity contribution in [3.8, 4) is 0 Å². The minimum absolute atomic E-state index is 0.515. The summed E-state index contributed by atoms with van der Waals surface area (Å²) in [5.74, 6) is 0. The summed E-state index contributed by atoms with van der Waals surface area (Å²) < 4.78 is 6.68. The Bertz CT molecular complexity index is 2870. The molecular weight excluding hydrogens is 719 g/mol. The van der Waals surface area contributed by atoms with Crippen LogP contribution in [0.25, 0.3) is 21.9 Å². The van der Waals surface area contributed by atoms with Gasteiger partial charge in [-0.1, -0.05) is 193 Å². The van der Waals surface area contributed by atoms with E-state index in [9.17, 15) is 0 Å². The average molecular weight is 760 g/mol. The highest BCUT2D eigenvalue weighted by molar-refractivity contribution is 7.16. The molecule has 0 atom stereocenters. The molecule has 2 heterocycles. The van der Waals surface area contributed by atoms with Gasteiger partial charge in [0.2, 0.25) is 0 Å². The Morgan fingerprint density at radius 3 is 1.52 bits per heavy atom. The summed E-state index contributed by atoms with van der Waals surface area (Å²) in [6, 6.07) is 76.2. The zero-order valence-corrected chi connectivity index (χ0v) is 33.1. The Morgan fingerprint density at radius 1 is 0.466 bits per heavy atom. The van der Waals surface area contributed by atoms with E-state index in [1.165, 1.54) is 54.4 Å². The predicted molar refractivity (Wildman–Crippen MR) is 244 cm³/mol. The number of hydrogen-bond acceptors (Lipinski definition) is 2. The molecule has 58 heavy (non-hydrogen) atoms. The van der Waals surface area contributed by atoms with Crippen LogP contribution in [-0.4, -0.2) is 8.07 Å². The van der Waals surface area contributed by atoms with Crippen molar-refractivity contribution >= 4 is 62.6 Å². The number of furan rings is 1. The van der Waals surface area contributed by atoms with E-state index in [2.05, 4.69) is 229 Å². The van der Waals surface area contributed by atoms with Crippen molar-refractivity contribution in [3.05, 3.63) is 252 Å². The van der Waals surface area contributed by atoms with Gasteiger partial charge in [0.05, 0.1) is 16.8 Å². The minimum Gasteiger partial charge on any atom is -0.456 e. The van der Waals surface area contributed by atoms with Crippen molar-refractivity contribution in [1.29, 1.82) is 0 Å². The van der Waals surface area contributed by atoms with Crippen LogP contribution in [0.15, 0.2) is 234 Å². The molecule has 0 N–H and O–H groups in total. The number of fused-ring (bicyclic) bond motifs is 5. The number of benzene rings is 8. The van der Waals surface area contributed by atoms with E-state index in [0.29, 0.717) is 0 Å². The van der Waals surface area contributed by atoms with E-state index < -0.39 is 13.5 Å². The molecule has 0 saturated carbocycles. The predicted octanol–water partition coefficient (Wildman–Crippen LogP) is 12.0. The van der Waals surface area contributed by atoms with Gasteiger partial charge in [0, 0.05) is 16.5 Å². The van der Waals surface area contributed by atoms with Gasteiger partial charge in [-0.25, -0.2) is 0 Å². The molecule has 2 nitrogen and oxygen atoms in total. The summed E-state index contributed by atoms with van der Waals surface area (Å²) >= 11 is 0. The molecule has 8 aromatic carbocycles. The lowest BCUT2D eigenvalue weighted by Crippen LogP contribution is -2.68. The van der Waals surface area contributed by atoms with E-state index in [1.807, 2.05) is 0 Å². The number of rotatable bonds is 7. The standard InChI is InChI=1S/C55H41NOSi/c1-6-20-40(21-7-1)55(41-22-8-2-9-23-41)49-30-16-18-32-51(49)56(52-33-19-17-31-50(52)55)42-34-36-53-47(38-42)48-39-46(35-37-54(48)57-53)58(43-24-10-3-11-25-43,44-26-12-4-13-27-44)45-28-14-5-15-29-45/h1-14,16-28,30-39H,15,29H2. The third-order valence-electron chi connectivity index (χ3n) is 12.6. The first kappa shape index (κ1) is 34.3. The Balaban J connectivity index is 1.15. The maximum atomic E-state index is 6.68. The zero-order valence-electron chi connectivity index (χ0n) is 32.1. The quantitative estimate of drug-likeness (QED) is 0.119. The zero-order chi connectivity index (χ0) is 38.5. The van der Waals surface area contributed by atoms with Gasteiger partial charge in [0.15, 0.2) is 8.07 Å². The van der Waals surface area contributed by atoms with Gasteiger partial charge in [0.1, 0.15) is 11.2 Å². The van der Waals surface area contributed by atoms with Crippen molar-refractivity contribution in [2.24, 2.45) is 0 Å². The molecule has 3 heteroatoms. The van der Waals surface area contributed by atoms with E-state index in [4.69, 9.17) is 4.42 Å². The number of para-hydroxylation sites is 2. The van der Waals surface area contributed by atoms with Gasteiger partial charge in [-0.05, 0) is 87.1 Å². The SMILES string of the molecule is C1=CCCC([Si](c2ccccc2)(c2ccccc2)c2ccc3oc4ccc(N5c6ccccc6C(c6ccccc6)(c6ccccc6)c6ccccc65)cc4c3c2)=C1. The molecule has 2 aliphatic rings. The first-order valence-electron chi connectivity index (χ1n) is 20.3. The van der Waals surface area contributed by atoms with E-state index in [-0.39, 0.29) is 0 Å². The van der Waals surface area contributed by atoms with Crippen molar-refractivity contribution in [3.63, 3.8) is 0 Å². The Morgan fingerprint density at radius 2 is 0.966 bits per heavy atom. The average Bonchev–Trinajstić information content (AvgIpc) is 3.67. The molecule has 0 radical (unpaired) electrons. The van der Waals surface area contributed by atoms with Crippen LogP contribution in [0, 0.1) is 0 Å². The normalized spacial score (nSPS) is 14.6. The lowest BCUT2D eigenvalue weighted by atomic mass is 9.62. The van der Waals surface area contributed by atoms with Crippen LogP contribution < -0.4 is 20.5 Å². The Hall–Kier alpha value is -6.94. The lowest BCUT2D eigenvalue weighted by molar-refractivity contribution is 0.669. The molecule has 0 bridgehead atoms. The first-order valence-corrected chi connectivity index (χ1v) is 22.3. The summed E-state index contributed by atoms with van der Waals surface area (Å²) in [6.07, 6.45) is 9.06. The van der Waals surface area contributed by atoms with Crippen LogP contribution in [0.4, 0.5) is 17.1 Å². The minimum atomic E-state index is -2.66. The Kier molecular flexibility index (Phi) is 8.23. The highest BCUT2D eigenvalue weighted by Crippen LogP contribution is 2.57. The van der Waals surface area contributed by atoms with Crippen LogP contribution >= 0.6 is 0 Å². The summed E-state index contributed by atoms with van der Waals surface area (Å²) in [4.78, 5) is 2.46. The van der Waals surface area contributed by atoms with Crippen molar-refractivity contribution in [1.82, 2.24) is 0 Å². The van der Waals surface area contributed by atoms with Gasteiger partial charge < -0.3 is 9.32 Å². The third kappa shape index (κ3) is 5.10. The van der Waals surface area contributed by atoms with Crippen molar-refractivity contribution in [2.45, 2.75) is 18.3 Å². The summed E-state index contributed by atoms with van der Waals surface area (Å²) in [5.41, 5.74) is 9.72. The van der Waals surface area contributed by atoms with Crippen LogP contribution in [0.1, 0.15) is 35.1 Å². The Labute approximate surface area is 340 Å². The molecule has 0 amide bonds. The molecule has 0 saturated heterocycles. The second-order valence-electron chi connectivity index (χ2n) is 15.5. The fraction of sp³-hybridized carbons (Fsp3) is 0.0545. The van der Waals surface area contributed by atoms with E-state index in [1.54, 1.807) is 0 Å². The van der Waals surface area contributed by atoms with Gasteiger partial charge in [-0.3, -0.25) is 0 Å². The van der Waals surface area contributed by atoms with Gasteiger partial charge in [0.25, 0.3) is 0 Å². The number of nitrogens with zero attached hydrogens (tertiary/aromatic N) is 1. The molecule has 1 aliphatic carbocycles. The molecule has 276 valence electrons. The highest BCUT2D eigenvalue weighted by Gasteiger charge is 2.46. The molecule has 0 spiro atoms. The number of hydrogen-bond donors (Lipinski definition) is 0. The van der Waals surface area contributed by atoms with Crippen molar-refractivity contribution < 1.29 is 4.42 Å². The third-order valence-corrected chi connectivity index (χ3v) is 17.5. The van der Waals surface area contributed by atoms with Gasteiger partial charge >= 0.3 is 0 Å². The highest BCUT2D eigenvalue weighted by atomic mass is 28.3. The lowest BCUT2D eigenvalue weighted by Gasteiger charge is -2.46. The monoisotopic (exact) mass is 759 g/mol. The van der Waals surface area contributed by atoms with E-state index >= 15 is 0 Å². The largest absolute Gasteiger partial charge is 0.456 e. The fourth-order valence-corrected chi connectivity index (χ4v) is 15.2. The number of allylic oxidation sites excluding steroid dienone is 4. The molecule has 1 aromatic heterocycles. The smallest absolute Gasteiger partial charge is 0.175 e. The molecule has 0 fully saturated rings.